The molecule has 0 saturated heterocycles. The Kier molecular flexibility index (Phi) is 8.44. The van der Waals surface area contributed by atoms with Gasteiger partial charge in [-0.25, -0.2) is 9.97 Å². The van der Waals surface area contributed by atoms with E-state index in [4.69, 9.17) is 9.97 Å². The van der Waals surface area contributed by atoms with Crippen molar-refractivity contribution in [3.05, 3.63) is 212 Å². The van der Waals surface area contributed by atoms with Crippen LogP contribution in [-0.4, -0.2) is 9.97 Å². The third kappa shape index (κ3) is 6.00. The molecule has 0 bridgehead atoms. The fourth-order valence-electron chi connectivity index (χ4n) is 7.86. The van der Waals surface area contributed by atoms with Gasteiger partial charge in [-0.3, -0.25) is 0 Å². The van der Waals surface area contributed by atoms with Gasteiger partial charge in [0.15, 0.2) is 13.0 Å². The number of hydrogen-bond donors (Lipinski definition) is 0. The number of aromatic nitrogens is 2. The quantitative estimate of drug-likeness (QED) is 0.153. The summed E-state index contributed by atoms with van der Waals surface area (Å²) < 4.78 is 14.9. The average Bonchev–Trinajstić information content (AvgIpc) is 3.55. The van der Waals surface area contributed by atoms with E-state index < -0.39 is 7.14 Å². The van der Waals surface area contributed by atoms with Crippen LogP contribution in [0.5, 0.6) is 0 Å². The van der Waals surface area contributed by atoms with E-state index in [0.29, 0.717) is 5.82 Å². The highest BCUT2D eigenvalue weighted by molar-refractivity contribution is 7.86. The van der Waals surface area contributed by atoms with Gasteiger partial charge in [-0.2, -0.15) is 0 Å². The van der Waals surface area contributed by atoms with Gasteiger partial charge in [0.05, 0.1) is 11.4 Å². The predicted octanol–water partition coefficient (Wildman–Crippen LogP) is 12.1. The van der Waals surface area contributed by atoms with Gasteiger partial charge in [0, 0.05) is 32.6 Å². The van der Waals surface area contributed by atoms with Crippen molar-refractivity contribution in [2.75, 3.05) is 0 Å². The van der Waals surface area contributed by atoms with Crippen LogP contribution in [0.1, 0.15) is 0 Å². The Morgan fingerprint density at radius 1 is 0.304 bits per heavy atom. The summed E-state index contributed by atoms with van der Waals surface area (Å²) in [5.74, 6) is 0.692. The van der Waals surface area contributed by atoms with Crippen LogP contribution in [0, 0.1) is 0 Å². The van der Waals surface area contributed by atoms with Crippen molar-refractivity contribution in [2.45, 2.75) is 0 Å². The Balaban J connectivity index is 0.949. The normalized spacial score (nSPS) is 12.5. The molecule has 0 fully saturated rings. The smallest absolute Gasteiger partial charge is 0.172 e. The lowest BCUT2D eigenvalue weighted by Crippen LogP contribution is -2.20. The maximum atomic E-state index is 14.9. The molecule has 264 valence electrons. The molecule has 9 aromatic rings. The highest BCUT2D eigenvalue weighted by Crippen LogP contribution is 2.52. The molecule has 0 N–H and O–H groups in total. The highest BCUT2D eigenvalue weighted by atomic mass is 31.2. The van der Waals surface area contributed by atoms with E-state index >= 15 is 0 Å². The van der Waals surface area contributed by atoms with Crippen LogP contribution in [0.4, 0.5) is 0 Å². The molecule has 1 aliphatic heterocycles. The molecule has 3 nitrogen and oxygen atoms in total. The van der Waals surface area contributed by atoms with Crippen LogP contribution in [0.25, 0.3) is 78.4 Å². The minimum Gasteiger partial charge on any atom is -0.309 e. The predicted molar refractivity (Wildman–Crippen MR) is 233 cm³/mol. The van der Waals surface area contributed by atoms with Crippen molar-refractivity contribution in [2.24, 2.45) is 0 Å². The molecule has 0 aliphatic carbocycles. The summed E-state index contributed by atoms with van der Waals surface area (Å²) in [5, 5.41) is 2.71. The second-order valence-corrected chi connectivity index (χ2v) is 16.8. The lowest BCUT2D eigenvalue weighted by Gasteiger charge is -2.16. The second kappa shape index (κ2) is 14.0. The van der Waals surface area contributed by atoms with Gasteiger partial charge >= 0.3 is 0 Å². The summed E-state index contributed by atoms with van der Waals surface area (Å²) >= 11 is 0. The van der Waals surface area contributed by atoms with Crippen molar-refractivity contribution in [1.82, 2.24) is 9.97 Å². The summed E-state index contributed by atoms with van der Waals surface area (Å²) in [7, 11) is -2.96. The minimum absolute atomic E-state index is 0.692. The topological polar surface area (TPSA) is 42.9 Å². The van der Waals surface area contributed by atoms with Crippen LogP contribution >= 0.6 is 7.14 Å². The fraction of sp³-hybridized carbons (Fsp3) is 0. The molecule has 2 heterocycles. The average molecular weight is 735 g/mol. The number of hydrogen-bond acceptors (Lipinski definition) is 3. The van der Waals surface area contributed by atoms with Crippen molar-refractivity contribution in [1.29, 1.82) is 0 Å². The third-order valence-electron chi connectivity index (χ3n) is 10.8. The Morgan fingerprint density at radius 3 is 1.27 bits per heavy atom. The molecular weight excluding hydrogens is 700 g/mol. The van der Waals surface area contributed by atoms with E-state index in [0.717, 1.165) is 77.4 Å². The van der Waals surface area contributed by atoms with Gasteiger partial charge in [0.25, 0.3) is 0 Å². The van der Waals surface area contributed by atoms with Crippen LogP contribution < -0.4 is 15.9 Å². The maximum Gasteiger partial charge on any atom is 0.172 e. The minimum atomic E-state index is -2.96. The van der Waals surface area contributed by atoms with Crippen molar-refractivity contribution in [3.8, 4) is 78.4 Å². The summed E-state index contributed by atoms with van der Waals surface area (Å²) in [6.45, 7) is 0. The van der Waals surface area contributed by atoms with E-state index in [2.05, 4.69) is 140 Å². The van der Waals surface area contributed by atoms with Gasteiger partial charge in [0.2, 0.25) is 0 Å². The molecule has 10 rings (SSSR count). The largest absolute Gasteiger partial charge is 0.309 e. The van der Waals surface area contributed by atoms with Crippen molar-refractivity contribution in [3.63, 3.8) is 0 Å². The molecule has 0 saturated carbocycles. The lowest BCUT2D eigenvalue weighted by atomic mass is 9.98. The standard InChI is InChI=1S/C52H35N2OP/c55-56(50-20-9-7-18-46(50)47-19-8-10-21-51(47)56)45-32-30-39(31-33-45)38-22-24-40(25-23-38)43-16-11-17-44(34-43)49-35-48(53-52(54-49)42-14-5-2-6-15-42)41-28-26-37(27-29-41)36-12-3-1-4-13-36/h1-35H. The molecular formula is C52H35N2OP. The van der Waals surface area contributed by atoms with Crippen molar-refractivity contribution < 1.29 is 4.57 Å². The van der Waals surface area contributed by atoms with Gasteiger partial charge in [-0.05, 0) is 56.6 Å². The molecule has 0 spiro atoms. The Hall–Kier alpha value is -6.93. The Bertz CT molecular complexity index is 2860. The summed E-state index contributed by atoms with van der Waals surface area (Å²) in [5.41, 5.74) is 13.7. The first kappa shape index (κ1) is 33.6. The van der Waals surface area contributed by atoms with Gasteiger partial charge in [-0.1, -0.05) is 200 Å². The molecule has 1 aromatic heterocycles. The first-order chi connectivity index (χ1) is 27.6. The van der Waals surface area contributed by atoms with Gasteiger partial charge in [-0.15, -0.1) is 0 Å². The van der Waals surface area contributed by atoms with E-state index in [9.17, 15) is 4.57 Å². The third-order valence-corrected chi connectivity index (χ3v) is 13.9. The van der Waals surface area contributed by atoms with E-state index in [1.807, 2.05) is 72.8 Å². The van der Waals surface area contributed by atoms with Crippen LogP contribution in [-0.2, 0) is 4.57 Å². The first-order valence-electron chi connectivity index (χ1n) is 18.8. The number of benzene rings is 8. The van der Waals surface area contributed by atoms with E-state index in [-0.39, 0.29) is 0 Å². The van der Waals surface area contributed by atoms with Crippen LogP contribution in [0.3, 0.4) is 0 Å². The second-order valence-electron chi connectivity index (χ2n) is 14.1. The zero-order chi connectivity index (χ0) is 37.5. The summed E-state index contributed by atoms with van der Waals surface area (Å²) in [4.78, 5) is 10.1. The zero-order valence-corrected chi connectivity index (χ0v) is 31.4. The fourth-order valence-corrected chi connectivity index (χ4v) is 10.9. The van der Waals surface area contributed by atoms with Gasteiger partial charge < -0.3 is 4.57 Å². The monoisotopic (exact) mass is 734 g/mol. The van der Waals surface area contributed by atoms with Crippen LogP contribution in [0.15, 0.2) is 212 Å². The Morgan fingerprint density at radius 2 is 0.696 bits per heavy atom. The molecule has 1 aliphatic rings. The SMILES string of the molecule is O=P1(c2ccc(-c3ccc(-c4cccc(-c5cc(-c6ccc(-c7ccccc7)cc6)nc(-c6ccccc6)n5)c4)cc3)cc2)c2ccccc2-c2ccccc21. The van der Waals surface area contributed by atoms with Crippen LogP contribution in [0.2, 0.25) is 0 Å². The number of nitrogens with zero attached hydrogens (tertiary/aromatic N) is 2. The molecule has 8 aromatic carbocycles. The first-order valence-corrected chi connectivity index (χ1v) is 20.5. The Labute approximate surface area is 327 Å². The zero-order valence-electron chi connectivity index (χ0n) is 30.5. The maximum absolute atomic E-state index is 14.9. The molecule has 56 heavy (non-hydrogen) atoms. The summed E-state index contributed by atoms with van der Waals surface area (Å²) in [6, 6.07) is 73.0. The molecule has 0 amide bonds. The summed E-state index contributed by atoms with van der Waals surface area (Å²) in [6.07, 6.45) is 0. The molecule has 0 atom stereocenters. The lowest BCUT2D eigenvalue weighted by molar-refractivity contribution is 0.593. The molecule has 0 unspecified atom stereocenters. The number of rotatable bonds is 7. The van der Waals surface area contributed by atoms with Crippen molar-refractivity contribution >= 4 is 23.1 Å². The van der Waals surface area contributed by atoms with E-state index in [1.54, 1.807) is 0 Å². The van der Waals surface area contributed by atoms with Gasteiger partial charge in [0.1, 0.15) is 0 Å². The highest BCUT2D eigenvalue weighted by Gasteiger charge is 2.39. The number of fused-ring (bicyclic) bond motifs is 3. The van der Waals surface area contributed by atoms with E-state index in [1.165, 1.54) is 11.1 Å². The molecule has 4 heteroatoms. The molecule has 0 radical (unpaired) electrons.